The monoisotopic (exact) mass is 456 g/mol. The van der Waals surface area contributed by atoms with E-state index in [-0.39, 0.29) is 25.0 Å². The molecular weight excluding hydrogens is 428 g/mol. The lowest BCUT2D eigenvalue weighted by atomic mass is 10.0. The van der Waals surface area contributed by atoms with Crippen LogP contribution in [0, 0.1) is 0 Å². The number of H-pyrrole nitrogens is 1. The molecule has 0 amide bonds. The van der Waals surface area contributed by atoms with Crippen molar-refractivity contribution in [1.29, 1.82) is 0 Å². The molecule has 34 heavy (non-hydrogen) atoms. The van der Waals surface area contributed by atoms with Gasteiger partial charge in [0, 0.05) is 29.6 Å². The maximum atomic E-state index is 13.2. The average molecular weight is 457 g/mol. The molecule has 2 N–H and O–H groups in total. The summed E-state index contributed by atoms with van der Waals surface area (Å²) in [6.45, 7) is 0.715. The number of hydrogen-bond donors (Lipinski definition) is 2. The highest BCUT2D eigenvalue weighted by atomic mass is 16.5. The summed E-state index contributed by atoms with van der Waals surface area (Å²) in [5.74, 6) is -0.678. The van der Waals surface area contributed by atoms with Gasteiger partial charge < -0.3 is 19.8 Å². The van der Waals surface area contributed by atoms with Crippen molar-refractivity contribution in [2.75, 3.05) is 7.11 Å². The van der Waals surface area contributed by atoms with Crippen LogP contribution in [0.5, 0.6) is 0 Å². The quantitative estimate of drug-likeness (QED) is 0.347. The van der Waals surface area contributed by atoms with Gasteiger partial charge in [-0.3, -0.25) is 9.59 Å². The molecule has 6 nitrogen and oxygen atoms in total. The first kappa shape index (κ1) is 23.3. The highest BCUT2D eigenvalue weighted by Crippen LogP contribution is 2.25. The SMILES string of the molecule is COC(=O)Cc1[nH]c2ccccc2c1C[C@H](NCc1ccccc1)C(=O)OCc1ccccc1. The molecule has 4 aromatic rings. The maximum Gasteiger partial charge on any atom is 0.323 e. The smallest absolute Gasteiger partial charge is 0.323 e. The molecule has 0 aliphatic heterocycles. The van der Waals surface area contributed by atoms with E-state index in [1.54, 1.807) is 0 Å². The van der Waals surface area contributed by atoms with Crippen molar-refractivity contribution in [3.8, 4) is 0 Å². The average Bonchev–Trinajstić information content (AvgIpc) is 3.22. The van der Waals surface area contributed by atoms with Crippen LogP contribution in [0.3, 0.4) is 0 Å². The third kappa shape index (κ3) is 5.91. The van der Waals surface area contributed by atoms with Crippen molar-refractivity contribution in [2.24, 2.45) is 0 Å². The van der Waals surface area contributed by atoms with Gasteiger partial charge in [-0.05, 0) is 22.8 Å². The summed E-state index contributed by atoms with van der Waals surface area (Å²) in [7, 11) is 1.37. The zero-order valence-electron chi connectivity index (χ0n) is 19.1. The van der Waals surface area contributed by atoms with E-state index in [1.165, 1.54) is 7.11 Å². The largest absolute Gasteiger partial charge is 0.469 e. The minimum absolute atomic E-state index is 0.102. The fourth-order valence-electron chi connectivity index (χ4n) is 3.97. The molecule has 1 atom stereocenters. The van der Waals surface area contributed by atoms with Crippen molar-refractivity contribution in [3.63, 3.8) is 0 Å². The van der Waals surface area contributed by atoms with Gasteiger partial charge in [0.15, 0.2) is 0 Å². The van der Waals surface area contributed by atoms with Crippen LogP contribution in [0.2, 0.25) is 0 Å². The molecule has 0 fully saturated rings. The lowest BCUT2D eigenvalue weighted by Crippen LogP contribution is -2.39. The number of carbonyl (C=O) groups excluding carboxylic acids is 2. The second-order valence-corrected chi connectivity index (χ2v) is 8.10. The molecule has 0 radical (unpaired) electrons. The summed E-state index contributed by atoms with van der Waals surface area (Å²) in [6.07, 6.45) is 0.474. The Labute approximate surface area is 198 Å². The Morgan fingerprint density at radius 1 is 0.882 bits per heavy atom. The van der Waals surface area contributed by atoms with E-state index in [0.29, 0.717) is 13.0 Å². The van der Waals surface area contributed by atoms with Crippen molar-refractivity contribution in [2.45, 2.75) is 32.0 Å². The first-order valence-corrected chi connectivity index (χ1v) is 11.3. The second kappa shape index (κ2) is 11.3. The Kier molecular flexibility index (Phi) is 7.73. The third-order valence-electron chi connectivity index (χ3n) is 5.76. The molecule has 0 aliphatic rings. The molecule has 0 spiro atoms. The number of para-hydroxylation sites is 1. The van der Waals surface area contributed by atoms with Crippen molar-refractivity contribution in [3.05, 3.63) is 107 Å². The van der Waals surface area contributed by atoms with Crippen LogP contribution in [0.1, 0.15) is 22.4 Å². The van der Waals surface area contributed by atoms with Crippen molar-refractivity contribution < 1.29 is 19.1 Å². The summed E-state index contributed by atoms with van der Waals surface area (Å²) in [5, 5.41) is 4.34. The van der Waals surface area contributed by atoms with Gasteiger partial charge in [-0.2, -0.15) is 0 Å². The van der Waals surface area contributed by atoms with Gasteiger partial charge in [-0.15, -0.1) is 0 Å². The number of methoxy groups -OCH3 is 1. The van der Waals surface area contributed by atoms with E-state index in [9.17, 15) is 9.59 Å². The van der Waals surface area contributed by atoms with Gasteiger partial charge in [-0.25, -0.2) is 0 Å². The number of fused-ring (bicyclic) bond motifs is 1. The number of carbonyl (C=O) groups is 2. The molecule has 0 aliphatic carbocycles. The molecule has 0 bridgehead atoms. The van der Waals surface area contributed by atoms with Gasteiger partial charge in [0.05, 0.1) is 13.5 Å². The van der Waals surface area contributed by atoms with E-state index in [0.717, 1.165) is 33.3 Å². The minimum atomic E-state index is -0.598. The van der Waals surface area contributed by atoms with E-state index in [1.807, 2.05) is 84.9 Å². The lowest BCUT2D eigenvalue weighted by molar-refractivity contribution is -0.147. The summed E-state index contributed by atoms with van der Waals surface area (Å²) in [4.78, 5) is 28.6. The fourth-order valence-corrected chi connectivity index (χ4v) is 3.97. The Morgan fingerprint density at radius 3 is 2.24 bits per heavy atom. The molecule has 0 saturated heterocycles. The van der Waals surface area contributed by atoms with Crippen LogP contribution in [0.4, 0.5) is 0 Å². The van der Waals surface area contributed by atoms with Gasteiger partial charge in [0.25, 0.3) is 0 Å². The Hall–Kier alpha value is -3.90. The predicted molar refractivity (Wildman–Crippen MR) is 131 cm³/mol. The first-order chi connectivity index (χ1) is 16.6. The molecule has 4 rings (SSSR count). The molecule has 174 valence electrons. The number of hydrogen-bond acceptors (Lipinski definition) is 5. The number of aromatic amines is 1. The molecule has 0 saturated carbocycles. The normalized spacial score (nSPS) is 11.8. The molecule has 6 heteroatoms. The molecule has 3 aromatic carbocycles. The summed E-state index contributed by atoms with van der Waals surface area (Å²) in [6, 6.07) is 26.7. The van der Waals surface area contributed by atoms with Gasteiger partial charge in [0.2, 0.25) is 0 Å². The van der Waals surface area contributed by atoms with E-state index >= 15 is 0 Å². The standard InChI is InChI=1S/C28H28N2O4/c1-33-27(31)17-25-23(22-14-8-9-15-24(22)30-25)16-26(29-18-20-10-4-2-5-11-20)28(32)34-19-21-12-6-3-7-13-21/h2-15,26,29-30H,16-19H2,1H3/t26-/m0/s1. The van der Waals surface area contributed by atoms with E-state index in [2.05, 4.69) is 10.3 Å². The number of aromatic nitrogens is 1. The third-order valence-corrected chi connectivity index (χ3v) is 5.76. The molecule has 1 aromatic heterocycles. The lowest BCUT2D eigenvalue weighted by Gasteiger charge is -2.19. The highest BCUT2D eigenvalue weighted by Gasteiger charge is 2.25. The maximum absolute atomic E-state index is 13.2. The van der Waals surface area contributed by atoms with Crippen LogP contribution in [-0.4, -0.2) is 30.1 Å². The van der Waals surface area contributed by atoms with E-state index in [4.69, 9.17) is 9.47 Å². The predicted octanol–water partition coefficient (Wildman–Crippen LogP) is 4.33. The Morgan fingerprint density at radius 2 is 1.53 bits per heavy atom. The van der Waals surface area contributed by atoms with Crippen molar-refractivity contribution >= 4 is 22.8 Å². The highest BCUT2D eigenvalue weighted by molar-refractivity contribution is 5.87. The Bertz CT molecular complexity index is 1240. The molecule has 0 unspecified atom stereocenters. The minimum Gasteiger partial charge on any atom is -0.469 e. The summed E-state index contributed by atoms with van der Waals surface area (Å²) < 4.78 is 10.6. The number of nitrogens with one attached hydrogen (secondary N) is 2. The van der Waals surface area contributed by atoms with Crippen LogP contribution in [-0.2, 0) is 45.1 Å². The zero-order chi connectivity index (χ0) is 23.8. The number of benzene rings is 3. The zero-order valence-corrected chi connectivity index (χ0v) is 19.1. The molecular formula is C28H28N2O4. The number of ether oxygens (including phenoxy) is 2. The van der Waals surface area contributed by atoms with Crippen LogP contribution in [0.15, 0.2) is 84.9 Å². The van der Waals surface area contributed by atoms with Gasteiger partial charge in [0.1, 0.15) is 12.6 Å². The fraction of sp³-hybridized carbons (Fsp3) is 0.214. The van der Waals surface area contributed by atoms with Gasteiger partial charge >= 0.3 is 11.9 Å². The first-order valence-electron chi connectivity index (χ1n) is 11.3. The second-order valence-electron chi connectivity index (χ2n) is 8.10. The summed E-state index contributed by atoms with van der Waals surface area (Å²) >= 11 is 0. The topological polar surface area (TPSA) is 80.4 Å². The van der Waals surface area contributed by atoms with Crippen molar-refractivity contribution in [1.82, 2.24) is 10.3 Å². The van der Waals surface area contributed by atoms with Crippen LogP contribution >= 0.6 is 0 Å². The van der Waals surface area contributed by atoms with Crippen LogP contribution in [0.25, 0.3) is 10.9 Å². The van der Waals surface area contributed by atoms with E-state index < -0.39 is 6.04 Å². The number of esters is 2. The van der Waals surface area contributed by atoms with Gasteiger partial charge in [-0.1, -0.05) is 78.9 Å². The van der Waals surface area contributed by atoms with Crippen LogP contribution < -0.4 is 5.32 Å². The number of rotatable bonds is 10. The summed E-state index contributed by atoms with van der Waals surface area (Å²) in [5.41, 5.74) is 4.56. The Balaban J connectivity index is 1.59. The molecule has 1 heterocycles.